The minimum atomic E-state index is -0.150. The van der Waals surface area contributed by atoms with Crippen LogP contribution in [0.2, 0.25) is 5.02 Å². The molecule has 1 saturated heterocycles. The highest BCUT2D eigenvalue weighted by Gasteiger charge is 2.20. The van der Waals surface area contributed by atoms with Gasteiger partial charge in [-0.2, -0.15) is 0 Å². The topological polar surface area (TPSA) is 58.2 Å². The highest BCUT2D eigenvalue weighted by Crippen LogP contribution is 2.25. The number of halogens is 1. The van der Waals surface area contributed by atoms with Crippen molar-refractivity contribution in [1.82, 2.24) is 10.6 Å². The van der Waals surface area contributed by atoms with E-state index in [0.717, 1.165) is 5.56 Å². The minimum Gasteiger partial charge on any atom is -0.354 e. The van der Waals surface area contributed by atoms with Crippen LogP contribution in [0.3, 0.4) is 0 Å². The van der Waals surface area contributed by atoms with Crippen LogP contribution in [0.15, 0.2) is 18.2 Å². The molecule has 0 unspecified atom stereocenters. The number of carbonyl (C=O) groups is 2. The van der Waals surface area contributed by atoms with E-state index in [0.29, 0.717) is 35.9 Å². The summed E-state index contributed by atoms with van der Waals surface area (Å²) >= 11 is 6.19. The van der Waals surface area contributed by atoms with Crippen LogP contribution < -0.4 is 10.6 Å². The van der Waals surface area contributed by atoms with Crippen LogP contribution >= 0.6 is 11.6 Å². The van der Waals surface area contributed by atoms with E-state index >= 15 is 0 Å². The number of amides is 2. The Labute approximate surface area is 123 Å². The Morgan fingerprint density at radius 1 is 1.45 bits per heavy atom. The van der Waals surface area contributed by atoms with Crippen molar-refractivity contribution in [2.45, 2.75) is 38.6 Å². The monoisotopic (exact) mass is 294 g/mol. The third kappa shape index (κ3) is 3.51. The van der Waals surface area contributed by atoms with Crippen molar-refractivity contribution < 1.29 is 9.59 Å². The van der Waals surface area contributed by atoms with E-state index in [-0.39, 0.29) is 17.9 Å². The van der Waals surface area contributed by atoms with Gasteiger partial charge in [0.1, 0.15) is 0 Å². The van der Waals surface area contributed by atoms with Crippen LogP contribution in [-0.2, 0) is 4.79 Å². The molecule has 1 fully saturated rings. The van der Waals surface area contributed by atoms with Gasteiger partial charge in [0, 0.05) is 29.6 Å². The predicted molar refractivity (Wildman–Crippen MR) is 79.0 cm³/mol. The first-order valence-corrected chi connectivity index (χ1v) is 7.22. The van der Waals surface area contributed by atoms with Gasteiger partial charge in [-0.1, -0.05) is 31.5 Å². The van der Waals surface area contributed by atoms with Crippen LogP contribution in [-0.4, -0.2) is 24.4 Å². The van der Waals surface area contributed by atoms with Gasteiger partial charge < -0.3 is 10.6 Å². The Bertz CT molecular complexity index is 519. The maximum Gasteiger partial charge on any atom is 0.251 e. The lowest BCUT2D eigenvalue weighted by Crippen LogP contribution is -2.47. The van der Waals surface area contributed by atoms with Crippen LogP contribution in [0.4, 0.5) is 0 Å². The molecule has 0 bridgehead atoms. The molecule has 4 nitrogen and oxygen atoms in total. The molecule has 0 spiro atoms. The summed E-state index contributed by atoms with van der Waals surface area (Å²) in [5, 5.41) is 6.28. The van der Waals surface area contributed by atoms with Gasteiger partial charge in [-0.05, 0) is 30.0 Å². The van der Waals surface area contributed by atoms with E-state index in [9.17, 15) is 9.59 Å². The maximum absolute atomic E-state index is 12.1. The zero-order chi connectivity index (χ0) is 14.7. The average molecular weight is 295 g/mol. The lowest BCUT2D eigenvalue weighted by atomic mass is 10.0. The highest BCUT2D eigenvalue weighted by atomic mass is 35.5. The van der Waals surface area contributed by atoms with Crippen molar-refractivity contribution in [3.63, 3.8) is 0 Å². The molecule has 0 saturated carbocycles. The molecule has 1 aromatic rings. The summed E-state index contributed by atoms with van der Waals surface area (Å²) in [6.07, 6.45) is 1.13. The maximum atomic E-state index is 12.1. The van der Waals surface area contributed by atoms with Gasteiger partial charge in [-0.3, -0.25) is 9.59 Å². The third-order valence-electron chi connectivity index (χ3n) is 3.49. The minimum absolute atomic E-state index is 0.0104. The van der Waals surface area contributed by atoms with E-state index in [1.165, 1.54) is 0 Å². The van der Waals surface area contributed by atoms with Crippen molar-refractivity contribution in [3.05, 3.63) is 34.3 Å². The van der Waals surface area contributed by atoms with Crippen LogP contribution in [0.1, 0.15) is 48.5 Å². The fourth-order valence-electron chi connectivity index (χ4n) is 2.26. The van der Waals surface area contributed by atoms with E-state index in [1.807, 2.05) is 6.07 Å². The summed E-state index contributed by atoms with van der Waals surface area (Å²) in [6.45, 7) is 4.61. The molecule has 1 aliphatic rings. The van der Waals surface area contributed by atoms with E-state index in [2.05, 4.69) is 24.5 Å². The number of carbonyl (C=O) groups excluding carboxylic acids is 2. The SMILES string of the molecule is CC(C)c1ccc(C(=O)N[C@H]2CCC(=O)NC2)cc1Cl. The molecule has 20 heavy (non-hydrogen) atoms. The number of nitrogens with one attached hydrogen (secondary N) is 2. The molecule has 0 radical (unpaired) electrons. The molecule has 108 valence electrons. The molecule has 1 heterocycles. The summed E-state index contributed by atoms with van der Waals surface area (Å²) in [5.41, 5.74) is 1.59. The molecule has 1 atom stereocenters. The van der Waals surface area contributed by atoms with Gasteiger partial charge >= 0.3 is 0 Å². The van der Waals surface area contributed by atoms with Crippen LogP contribution in [0, 0.1) is 0 Å². The van der Waals surface area contributed by atoms with E-state index in [1.54, 1.807) is 12.1 Å². The standard InChI is InChI=1S/C15H19ClN2O2/c1-9(2)12-5-3-10(7-13(12)16)15(20)18-11-4-6-14(19)17-8-11/h3,5,7,9,11H,4,6,8H2,1-2H3,(H,17,19)(H,18,20)/t11-/m0/s1. The first-order valence-electron chi connectivity index (χ1n) is 6.84. The van der Waals surface area contributed by atoms with Gasteiger partial charge in [0.05, 0.1) is 0 Å². The molecular formula is C15H19ClN2O2. The molecule has 2 rings (SSSR count). The second-order valence-electron chi connectivity index (χ2n) is 5.40. The van der Waals surface area contributed by atoms with Crippen LogP contribution in [0.5, 0.6) is 0 Å². The lowest BCUT2D eigenvalue weighted by Gasteiger charge is -2.23. The lowest BCUT2D eigenvalue weighted by molar-refractivity contribution is -0.122. The fourth-order valence-corrected chi connectivity index (χ4v) is 2.66. The summed E-state index contributed by atoms with van der Waals surface area (Å²) in [5.74, 6) is 0.219. The number of hydrogen-bond donors (Lipinski definition) is 2. The van der Waals surface area contributed by atoms with Crippen molar-refractivity contribution in [3.8, 4) is 0 Å². The fraction of sp³-hybridized carbons (Fsp3) is 0.467. The average Bonchev–Trinajstić information content (AvgIpc) is 2.40. The molecule has 2 amide bonds. The molecule has 0 aromatic heterocycles. The number of benzene rings is 1. The molecular weight excluding hydrogens is 276 g/mol. The van der Waals surface area contributed by atoms with E-state index in [4.69, 9.17) is 11.6 Å². The van der Waals surface area contributed by atoms with Gasteiger partial charge in [-0.25, -0.2) is 0 Å². The van der Waals surface area contributed by atoms with Gasteiger partial charge in [0.25, 0.3) is 5.91 Å². The first kappa shape index (κ1) is 14.9. The Balaban J connectivity index is 2.02. The van der Waals surface area contributed by atoms with Crippen molar-refractivity contribution >= 4 is 23.4 Å². The zero-order valence-electron chi connectivity index (χ0n) is 11.7. The molecule has 1 aliphatic heterocycles. The van der Waals surface area contributed by atoms with Gasteiger partial charge in [0.2, 0.25) is 5.91 Å². The second-order valence-corrected chi connectivity index (χ2v) is 5.81. The first-order chi connectivity index (χ1) is 9.47. The molecule has 0 aliphatic carbocycles. The Morgan fingerprint density at radius 2 is 2.20 bits per heavy atom. The predicted octanol–water partition coefficient (Wildman–Crippen LogP) is 2.47. The smallest absolute Gasteiger partial charge is 0.251 e. The van der Waals surface area contributed by atoms with Crippen LogP contribution in [0.25, 0.3) is 0 Å². The number of piperidine rings is 1. The summed E-state index contributed by atoms with van der Waals surface area (Å²) in [4.78, 5) is 23.2. The Morgan fingerprint density at radius 3 is 2.75 bits per heavy atom. The van der Waals surface area contributed by atoms with Crippen molar-refractivity contribution in [2.75, 3.05) is 6.54 Å². The summed E-state index contributed by atoms with van der Waals surface area (Å²) in [7, 11) is 0. The van der Waals surface area contributed by atoms with E-state index < -0.39 is 0 Å². The summed E-state index contributed by atoms with van der Waals surface area (Å²) < 4.78 is 0. The third-order valence-corrected chi connectivity index (χ3v) is 3.81. The second kappa shape index (κ2) is 6.27. The van der Waals surface area contributed by atoms with Gasteiger partial charge in [0.15, 0.2) is 0 Å². The zero-order valence-corrected chi connectivity index (χ0v) is 12.5. The molecule has 1 aromatic carbocycles. The normalized spacial score (nSPS) is 18.8. The molecule has 2 N–H and O–H groups in total. The number of rotatable bonds is 3. The van der Waals surface area contributed by atoms with Gasteiger partial charge in [-0.15, -0.1) is 0 Å². The van der Waals surface area contributed by atoms with Crippen molar-refractivity contribution in [1.29, 1.82) is 0 Å². The number of hydrogen-bond acceptors (Lipinski definition) is 2. The Hall–Kier alpha value is -1.55. The summed E-state index contributed by atoms with van der Waals surface area (Å²) in [6, 6.07) is 5.37. The quantitative estimate of drug-likeness (QED) is 0.900. The Kier molecular flexibility index (Phi) is 4.65. The largest absolute Gasteiger partial charge is 0.354 e. The highest BCUT2D eigenvalue weighted by molar-refractivity contribution is 6.31. The van der Waals surface area contributed by atoms with Crippen molar-refractivity contribution in [2.24, 2.45) is 0 Å². The molecule has 5 heteroatoms.